The predicted octanol–water partition coefficient (Wildman–Crippen LogP) is 2.84. The van der Waals surface area contributed by atoms with Crippen LogP contribution in [-0.2, 0) is 19.1 Å². The number of primary amides is 1. The van der Waals surface area contributed by atoms with Crippen LogP contribution in [0.2, 0.25) is 0 Å². The maximum absolute atomic E-state index is 13.6. The molecule has 1 aromatic rings. The Morgan fingerprint density at radius 1 is 1.20 bits per heavy atom. The van der Waals surface area contributed by atoms with Crippen molar-refractivity contribution in [3.05, 3.63) is 34.9 Å². The molecule has 192 valence electrons. The molecule has 1 rings (SSSR count). The molecule has 0 fully saturated rings. The van der Waals surface area contributed by atoms with Gasteiger partial charge >= 0.3 is 6.09 Å². The van der Waals surface area contributed by atoms with Gasteiger partial charge in [0.1, 0.15) is 17.7 Å². The predicted molar refractivity (Wildman–Crippen MR) is 134 cm³/mol. The van der Waals surface area contributed by atoms with Crippen LogP contribution in [0.25, 0.3) is 0 Å². The number of benzene rings is 1. The van der Waals surface area contributed by atoms with Gasteiger partial charge in [-0.25, -0.2) is 4.79 Å². The first-order chi connectivity index (χ1) is 16.3. The lowest BCUT2D eigenvalue weighted by atomic mass is 9.96. The normalized spacial score (nSPS) is 12.6. The van der Waals surface area contributed by atoms with Gasteiger partial charge in [0.15, 0.2) is 0 Å². The van der Waals surface area contributed by atoms with Crippen LogP contribution in [-0.4, -0.2) is 46.9 Å². The molecule has 4 N–H and O–H groups in total. The third-order valence-electron chi connectivity index (χ3n) is 5.10. The molecule has 1 aromatic carbocycles. The summed E-state index contributed by atoms with van der Waals surface area (Å²) in [6, 6.07) is 5.43. The molecule has 0 aliphatic rings. The zero-order valence-corrected chi connectivity index (χ0v) is 21.6. The maximum Gasteiger partial charge on any atom is 0.408 e. The summed E-state index contributed by atoms with van der Waals surface area (Å²) in [4.78, 5) is 51.7. The van der Waals surface area contributed by atoms with Gasteiger partial charge in [0.25, 0.3) is 5.91 Å². The summed E-state index contributed by atoms with van der Waals surface area (Å²) in [7, 11) is 0. The average molecular weight is 487 g/mol. The highest BCUT2D eigenvalue weighted by atomic mass is 16.6. The van der Waals surface area contributed by atoms with Gasteiger partial charge in [-0.15, -0.1) is 0 Å². The number of ether oxygens (including phenoxy) is 1. The number of rotatable bonds is 11. The number of hydrogen-bond donors (Lipinski definition) is 3. The number of unbranched alkanes of at least 4 members (excludes halogenated alkanes) is 1. The first kappa shape index (κ1) is 29.5. The van der Waals surface area contributed by atoms with Crippen molar-refractivity contribution < 1.29 is 23.9 Å². The van der Waals surface area contributed by atoms with Gasteiger partial charge in [-0.2, -0.15) is 0 Å². The molecule has 2 unspecified atom stereocenters. The Labute approximate surface area is 208 Å². The van der Waals surface area contributed by atoms with Gasteiger partial charge in [-0.1, -0.05) is 43.5 Å². The molecule has 35 heavy (non-hydrogen) atoms. The fraction of sp³-hybridized carbons (Fsp3) is 0.538. The lowest BCUT2D eigenvalue weighted by Gasteiger charge is -2.31. The fourth-order valence-corrected chi connectivity index (χ4v) is 3.44. The maximum atomic E-state index is 13.6. The van der Waals surface area contributed by atoms with E-state index in [-0.39, 0.29) is 12.8 Å². The van der Waals surface area contributed by atoms with Crippen molar-refractivity contribution in [1.82, 2.24) is 15.5 Å². The van der Waals surface area contributed by atoms with E-state index in [0.717, 1.165) is 28.9 Å². The van der Waals surface area contributed by atoms with Crippen molar-refractivity contribution >= 4 is 23.8 Å². The summed E-state index contributed by atoms with van der Waals surface area (Å²) in [5, 5.41) is 5.32. The van der Waals surface area contributed by atoms with Crippen molar-refractivity contribution in [3.8, 4) is 12.5 Å². The fourth-order valence-electron chi connectivity index (χ4n) is 3.44. The number of nitrogens with zero attached hydrogens (tertiary/aromatic N) is 1. The standard InChI is InChI=1S/C26H38N4O5/c1-8-10-15-28-23(32)22(19-12-11-17(3)16-18(19)4)30(9-2)24(33)20(13-14-21(27)31)29-25(34)35-26(5,6)7/h2,11-12,16,20,22H,8,10,13-15H2,1,3-7H3,(H2,27,31)(H,28,32)(H,29,34). The van der Waals surface area contributed by atoms with E-state index in [1.165, 1.54) is 0 Å². The van der Waals surface area contributed by atoms with E-state index in [0.29, 0.717) is 12.1 Å². The second kappa shape index (κ2) is 13.4. The Balaban J connectivity index is 3.40. The topological polar surface area (TPSA) is 131 Å². The summed E-state index contributed by atoms with van der Waals surface area (Å²) in [6.07, 6.45) is 6.25. The van der Waals surface area contributed by atoms with Crippen LogP contribution < -0.4 is 16.4 Å². The Kier molecular flexibility index (Phi) is 11.3. The summed E-state index contributed by atoms with van der Waals surface area (Å²) in [5.41, 5.74) is 6.78. The molecule has 9 nitrogen and oxygen atoms in total. The van der Waals surface area contributed by atoms with Gasteiger partial charge in [-0.05, 0) is 58.6 Å². The number of carbonyl (C=O) groups excluding carboxylic acids is 4. The minimum Gasteiger partial charge on any atom is -0.444 e. The monoisotopic (exact) mass is 486 g/mol. The molecule has 2 atom stereocenters. The molecule has 0 bridgehead atoms. The van der Waals surface area contributed by atoms with Crippen molar-refractivity contribution in [1.29, 1.82) is 0 Å². The van der Waals surface area contributed by atoms with E-state index < -0.39 is 41.5 Å². The Morgan fingerprint density at radius 3 is 2.37 bits per heavy atom. The highest BCUT2D eigenvalue weighted by Crippen LogP contribution is 2.26. The average Bonchev–Trinajstić information content (AvgIpc) is 2.73. The second-order valence-corrected chi connectivity index (χ2v) is 9.45. The van der Waals surface area contributed by atoms with Gasteiger partial charge < -0.3 is 21.1 Å². The Hall–Kier alpha value is -3.54. The Bertz CT molecular complexity index is 961. The molecule has 0 aliphatic heterocycles. The zero-order valence-electron chi connectivity index (χ0n) is 21.6. The first-order valence-electron chi connectivity index (χ1n) is 11.7. The highest BCUT2D eigenvalue weighted by Gasteiger charge is 2.36. The SMILES string of the molecule is C#CN(C(=O)C(CCC(N)=O)NC(=O)OC(C)(C)C)C(C(=O)NCCCC)c1ccc(C)cc1C. The second-order valence-electron chi connectivity index (χ2n) is 9.45. The number of hydrogen-bond acceptors (Lipinski definition) is 5. The lowest BCUT2D eigenvalue weighted by Crippen LogP contribution is -2.51. The quantitative estimate of drug-likeness (QED) is 0.251. The largest absolute Gasteiger partial charge is 0.444 e. The smallest absolute Gasteiger partial charge is 0.408 e. The summed E-state index contributed by atoms with van der Waals surface area (Å²) in [5.74, 6) is -1.82. The minimum atomic E-state index is -1.23. The van der Waals surface area contributed by atoms with E-state index in [4.69, 9.17) is 16.9 Å². The first-order valence-corrected chi connectivity index (χ1v) is 11.7. The minimum absolute atomic E-state index is 0.108. The van der Waals surface area contributed by atoms with Crippen LogP contribution in [0.5, 0.6) is 0 Å². The van der Waals surface area contributed by atoms with E-state index in [1.54, 1.807) is 26.8 Å². The molecule has 0 aromatic heterocycles. The molecule has 0 heterocycles. The van der Waals surface area contributed by atoms with Crippen LogP contribution in [0.15, 0.2) is 18.2 Å². The van der Waals surface area contributed by atoms with Crippen molar-refractivity contribution in [2.24, 2.45) is 5.73 Å². The number of nitrogens with one attached hydrogen (secondary N) is 2. The molecule has 0 aliphatic carbocycles. The third-order valence-corrected chi connectivity index (χ3v) is 5.10. The number of terminal acetylenes is 1. The van der Waals surface area contributed by atoms with Crippen molar-refractivity contribution in [3.63, 3.8) is 0 Å². The number of amides is 4. The highest BCUT2D eigenvalue weighted by molar-refractivity contribution is 5.93. The molecular weight excluding hydrogens is 448 g/mol. The van der Waals surface area contributed by atoms with E-state index in [1.807, 2.05) is 32.9 Å². The zero-order chi connectivity index (χ0) is 26.8. The summed E-state index contributed by atoms with van der Waals surface area (Å²) >= 11 is 0. The number of nitrogens with two attached hydrogens (primary N) is 1. The van der Waals surface area contributed by atoms with Gasteiger partial charge in [0, 0.05) is 19.0 Å². The molecular formula is C26H38N4O5. The van der Waals surface area contributed by atoms with Gasteiger partial charge in [0.2, 0.25) is 11.8 Å². The van der Waals surface area contributed by atoms with Crippen LogP contribution in [0.3, 0.4) is 0 Å². The number of alkyl carbamates (subject to hydrolysis) is 1. The Morgan fingerprint density at radius 2 is 1.86 bits per heavy atom. The van der Waals surface area contributed by atoms with E-state index in [2.05, 4.69) is 16.7 Å². The van der Waals surface area contributed by atoms with Gasteiger partial charge in [-0.3, -0.25) is 19.3 Å². The van der Waals surface area contributed by atoms with Crippen LogP contribution >= 0.6 is 0 Å². The molecule has 4 amide bonds. The number of carbonyl (C=O) groups is 4. The molecule has 0 saturated heterocycles. The van der Waals surface area contributed by atoms with Gasteiger partial charge in [0.05, 0.1) is 0 Å². The molecule has 0 saturated carbocycles. The van der Waals surface area contributed by atoms with Crippen LogP contribution in [0.1, 0.15) is 76.1 Å². The van der Waals surface area contributed by atoms with Crippen LogP contribution in [0, 0.1) is 26.3 Å². The van der Waals surface area contributed by atoms with E-state index >= 15 is 0 Å². The van der Waals surface area contributed by atoms with Crippen molar-refractivity contribution in [2.45, 2.75) is 84.9 Å². The third kappa shape index (κ3) is 9.69. The van der Waals surface area contributed by atoms with Crippen LogP contribution in [0.4, 0.5) is 4.79 Å². The molecule has 0 radical (unpaired) electrons. The lowest BCUT2D eigenvalue weighted by molar-refractivity contribution is -0.138. The summed E-state index contributed by atoms with van der Waals surface area (Å²) in [6.45, 7) is 11.2. The molecule has 9 heteroatoms. The summed E-state index contributed by atoms with van der Waals surface area (Å²) < 4.78 is 5.26. The van der Waals surface area contributed by atoms with E-state index in [9.17, 15) is 19.2 Å². The molecule has 0 spiro atoms. The number of aryl methyl sites for hydroxylation is 2. The van der Waals surface area contributed by atoms with Crippen molar-refractivity contribution in [2.75, 3.05) is 6.54 Å².